The molecule has 0 radical (unpaired) electrons. The van der Waals surface area contributed by atoms with E-state index in [1.54, 1.807) is 6.92 Å². The first kappa shape index (κ1) is 17.6. The molecule has 2 aromatic heterocycles. The molecular formula is C14H17FN4O5. The van der Waals surface area contributed by atoms with Crippen LogP contribution in [0.2, 0.25) is 0 Å². The van der Waals surface area contributed by atoms with Crippen LogP contribution in [0.25, 0.3) is 5.69 Å². The van der Waals surface area contributed by atoms with E-state index in [0.717, 1.165) is 16.9 Å². The summed E-state index contributed by atoms with van der Waals surface area (Å²) in [6.45, 7) is 3.09. The third-order valence-electron chi connectivity index (χ3n) is 3.27. The number of halogens is 1. The van der Waals surface area contributed by atoms with Crippen molar-refractivity contribution in [3.8, 4) is 17.4 Å². The van der Waals surface area contributed by atoms with Gasteiger partial charge in [0, 0.05) is 18.6 Å². The van der Waals surface area contributed by atoms with Gasteiger partial charge in [0.2, 0.25) is 5.88 Å². The summed E-state index contributed by atoms with van der Waals surface area (Å²) in [6, 6.07) is 1.11. The molecule has 0 amide bonds. The number of nitro groups is 1. The molecule has 0 bridgehead atoms. The van der Waals surface area contributed by atoms with Gasteiger partial charge in [-0.3, -0.25) is 10.1 Å². The Labute approximate surface area is 136 Å². The molecule has 0 saturated heterocycles. The smallest absolute Gasteiger partial charge is 0.353 e. The van der Waals surface area contributed by atoms with E-state index in [2.05, 4.69) is 10.1 Å². The Morgan fingerprint density at radius 1 is 1.50 bits per heavy atom. The molecule has 0 aliphatic rings. The first-order valence-electron chi connectivity index (χ1n) is 7.06. The maximum absolute atomic E-state index is 13.5. The van der Waals surface area contributed by atoms with Crippen LogP contribution in [0.15, 0.2) is 12.3 Å². The average Bonchev–Trinajstić information content (AvgIpc) is 2.89. The quantitative estimate of drug-likeness (QED) is 0.602. The number of hydrogen-bond donors (Lipinski definition) is 1. The summed E-state index contributed by atoms with van der Waals surface area (Å²) < 4.78 is 25.1. The zero-order chi connectivity index (χ0) is 17.9. The van der Waals surface area contributed by atoms with Gasteiger partial charge in [0.15, 0.2) is 0 Å². The fraction of sp³-hybridized carbons (Fsp3) is 0.429. The SMILES string of the molecule is COc1ncc(F)cc1-n1nc(OCC(C)CO)c([N+](=O)[O-])c1C. The largest absolute Gasteiger partial charge is 0.479 e. The molecule has 0 spiro atoms. The summed E-state index contributed by atoms with van der Waals surface area (Å²) in [6.07, 6.45) is 0.968. The van der Waals surface area contributed by atoms with Crippen molar-refractivity contribution in [1.29, 1.82) is 0 Å². The Hall–Kier alpha value is -2.75. The van der Waals surface area contributed by atoms with Crippen molar-refractivity contribution in [2.24, 2.45) is 5.92 Å². The minimum Gasteiger partial charge on any atom is -0.479 e. The number of aromatic nitrogens is 3. The van der Waals surface area contributed by atoms with E-state index in [0.29, 0.717) is 0 Å². The van der Waals surface area contributed by atoms with Gasteiger partial charge < -0.3 is 14.6 Å². The number of methoxy groups -OCH3 is 1. The maximum atomic E-state index is 13.5. The minimum atomic E-state index is -0.639. The van der Waals surface area contributed by atoms with Crippen molar-refractivity contribution >= 4 is 5.69 Å². The predicted octanol–water partition coefficient (Wildman–Crippen LogP) is 1.64. The van der Waals surface area contributed by atoms with Gasteiger partial charge in [0.25, 0.3) is 0 Å². The summed E-state index contributed by atoms with van der Waals surface area (Å²) in [4.78, 5) is 14.5. The zero-order valence-corrected chi connectivity index (χ0v) is 13.4. The molecule has 0 aromatic carbocycles. The Morgan fingerprint density at radius 2 is 2.21 bits per heavy atom. The summed E-state index contributed by atoms with van der Waals surface area (Å²) in [5.74, 6) is -1.02. The van der Waals surface area contributed by atoms with Crippen molar-refractivity contribution in [2.45, 2.75) is 13.8 Å². The number of nitrogens with zero attached hydrogens (tertiary/aromatic N) is 4. The van der Waals surface area contributed by atoms with Gasteiger partial charge in [-0.25, -0.2) is 14.1 Å². The average molecular weight is 340 g/mol. The lowest BCUT2D eigenvalue weighted by Gasteiger charge is -2.08. The molecule has 9 nitrogen and oxygen atoms in total. The van der Waals surface area contributed by atoms with Crippen LogP contribution in [-0.4, -0.2) is 45.1 Å². The van der Waals surface area contributed by atoms with E-state index >= 15 is 0 Å². The summed E-state index contributed by atoms with van der Waals surface area (Å²) in [7, 11) is 1.34. The molecule has 0 aliphatic heterocycles. The fourth-order valence-corrected chi connectivity index (χ4v) is 2.01. The normalized spacial score (nSPS) is 12.0. The summed E-state index contributed by atoms with van der Waals surface area (Å²) >= 11 is 0. The highest BCUT2D eigenvalue weighted by atomic mass is 19.1. The highest BCUT2D eigenvalue weighted by Crippen LogP contribution is 2.33. The van der Waals surface area contributed by atoms with Crippen LogP contribution in [0, 0.1) is 28.8 Å². The lowest BCUT2D eigenvalue weighted by molar-refractivity contribution is -0.386. The Morgan fingerprint density at radius 3 is 2.79 bits per heavy atom. The number of rotatable bonds is 7. The fourth-order valence-electron chi connectivity index (χ4n) is 2.01. The molecule has 2 heterocycles. The lowest BCUT2D eigenvalue weighted by Crippen LogP contribution is -2.13. The third-order valence-corrected chi connectivity index (χ3v) is 3.27. The van der Waals surface area contributed by atoms with Crippen molar-refractivity contribution in [1.82, 2.24) is 14.8 Å². The van der Waals surface area contributed by atoms with Gasteiger partial charge in [-0.2, -0.15) is 0 Å². The molecule has 1 N–H and O–H groups in total. The van der Waals surface area contributed by atoms with E-state index in [4.69, 9.17) is 14.6 Å². The first-order valence-corrected chi connectivity index (χ1v) is 7.06. The lowest BCUT2D eigenvalue weighted by atomic mass is 10.2. The molecule has 10 heteroatoms. The predicted molar refractivity (Wildman–Crippen MR) is 81.0 cm³/mol. The van der Waals surface area contributed by atoms with Crippen LogP contribution >= 0.6 is 0 Å². The van der Waals surface area contributed by atoms with Crippen LogP contribution < -0.4 is 9.47 Å². The highest BCUT2D eigenvalue weighted by Gasteiger charge is 2.29. The topological polar surface area (TPSA) is 113 Å². The zero-order valence-electron chi connectivity index (χ0n) is 13.4. The van der Waals surface area contributed by atoms with Crippen molar-refractivity contribution in [3.05, 3.63) is 33.9 Å². The third kappa shape index (κ3) is 3.43. The number of ether oxygens (including phenoxy) is 2. The number of aliphatic hydroxyl groups is 1. The molecular weight excluding hydrogens is 323 g/mol. The second-order valence-electron chi connectivity index (χ2n) is 5.19. The molecule has 0 aliphatic carbocycles. The van der Waals surface area contributed by atoms with Crippen LogP contribution in [0.1, 0.15) is 12.6 Å². The Bertz CT molecular complexity index is 749. The number of aliphatic hydroxyl groups excluding tert-OH is 1. The molecule has 2 aromatic rings. The van der Waals surface area contributed by atoms with Crippen molar-refractivity contribution in [2.75, 3.05) is 20.3 Å². The van der Waals surface area contributed by atoms with Gasteiger partial charge in [-0.1, -0.05) is 6.92 Å². The highest BCUT2D eigenvalue weighted by molar-refractivity contribution is 5.52. The van der Waals surface area contributed by atoms with Crippen LogP contribution in [0.4, 0.5) is 10.1 Å². The van der Waals surface area contributed by atoms with Crippen LogP contribution in [-0.2, 0) is 0 Å². The molecule has 130 valence electrons. The standard InChI is InChI=1S/C14H17FN4O5/c1-8(6-20)7-24-14-12(19(21)22)9(2)18(17-14)11-4-10(15)5-16-13(11)23-3/h4-5,8,20H,6-7H2,1-3H3. The Balaban J connectivity index is 2.52. The first-order chi connectivity index (χ1) is 11.4. The Kier molecular flexibility index (Phi) is 5.29. The molecule has 0 fully saturated rings. The molecule has 1 atom stereocenters. The van der Waals surface area contributed by atoms with Gasteiger partial charge in [0.05, 0.1) is 24.8 Å². The number of pyridine rings is 1. The van der Waals surface area contributed by atoms with E-state index in [1.807, 2.05) is 0 Å². The van der Waals surface area contributed by atoms with E-state index in [-0.39, 0.29) is 48.0 Å². The van der Waals surface area contributed by atoms with E-state index < -0.39 is 10.7 Å². The summed E-state index contributed by atoms with van der Waals surface area (Å²) in [5, 5.41) is 24.4. The summed E-state index contributed by atoms with van der Waals surface area (Å²) in [5.41, 5.74) is -0.0908. The van der Waals surface area contributed by atoms with Gasteiger partial charge in [-0.05, 0) is 6.92 Å². The molecule has 2 rings (SSSR count). The van der Waals surface area contributed by atoms with Crippen molar-refractivity contribution in [3.63, 3.8) is 0 Å². The molecule has 0 saturated carbocycles. The van der Waals surface area contributed by atoms with Gasteiger partial charge in [-0.15, -0.1) is 5.10 Å². The minimum absolute atomic E-state index is 0.0479. The molecule has 24 heavy (non-hydrogen) atoms. The van der Waals surface area contributed by atoms with Gasteiger partial charge >= 0.3 is 11.6 Å². The second kappa shape index (κ2) is 7.21. The number of hydrogen-bond acceptors (Lipinski definition) is 7. The monoisotopic (exact) mass is 340 g/mol. The van der Waals surface area contributed by atoms with Crippen LogP contribution in [0.3, 0.4) is 0 Å². The van der Waals surface area contributed by atoms with Gasteiger partial charge in [0.1, 0.15) is 17.2 Å². The van der Waals surface area contributed by atoms with Crippen molar-refractivity contribution < 1.29 is 23.9 Å². The molecule has 1 unspecified atom stereocenters. The van der Waals surface area contributed by atoms with E-state index in [1.165, 1.54) is 14.0 Å². The maximum Gasteiger partial charge on any atom is 0.353 e. The second-order valence-corrected chi connectivity index (χ2v) is 5.19. The van der Waals surface area contributed by atoms with E-state index in [9.17, 15) is 14.5 Å². The van der Waals surface area contributed by atoms with Crippen LogP contribution in [0.5, 0.6) is 11.8 Å².